The highest BCUT2D eigenvalue weighted by atomic mass is 35.5. The van der Waals surface area contributed by atoms with Crippen molar-refractivity contribution in [2.75, 3.05) is 19.6 Å². The van der Waals surface area contributed by atoms with Gasteiger partial charge in [0.05, 0.1) is 17.9 Å². The van der Waals surface area contributed by atoms with Crippen LogP contribution < -0.4 is 4.72 Å². The van der Waals surface area contributed by atoms with Gasteiger partial charge < -0.3 is 15.1 Å². The van der Waals surface area contributed by atoms with Gasteiger partial charge in [0.2, 0.25) is 0 Å². The summed E-state index contributed by atoms with van der Waals surface area (Å²) >= 11 is 7.76. The molecule has 0 radical (unpaired) electrons. The Labute approximate surface area is 241 Å². The molecule has 2 aromatic heterocycles. The number of hydrogen-bond acceptors (Lipinski definition) is 9. The van der Waals surface area contributed by atoms with E-state index in [4.69, 9.17) is 16.6 Å². The van der Waals surface area contributed by atoms with Gasteiger partial charge in [-0.2, -0.15) is 31.3 Å². The number of benzene rings is 1. The number of aliphatic hydroxyl groups is 2. The molecule has 17 heteroatoms. The summed E-state index contributed by atoms with van der Waals surface area (Å²) in [6.45, 7) is -3.30. The van der Waals surface area contributed by atoms with Crippen molar-refractivity contribution < 1.29 is 31.8 Å². The van der Waals surface area contributed by atoms with Crippen LogP contribution in [0.5, 0.6) is 0 Å². The number of nitrogens with zero attached hydrogens (tertiary/aromatic N) is 6. The number of alkyl halides is 2. The van der Waals surface area contributed by atoms with Crippen LogP contribution in [0.2, 0.25) is 5.02 Å². The number of nitrogens with one attached hydrogen (secondary N) is 1. The van der Waals surface area contributed by atoms with Crippen LogP contribution in [0.25, 0.3) is 5.57 Å². The Morgan fingerprint density at radius 2 is 1.90 bits per heavy atom. The minimum absolute atomic E-state index is 0.0680. The van der Waals surface area contributed by atoms with Crippen molar-refractivity contribution in [3.8, 4) is 0 Å². The number of aromatic nitrogens is 3. The van der Waals surface area contributed by atoms with Crippen LogP contribution in [0, 0.1) is 5.82 Å². The van der Waals surface area contributed by atoms with E-state index in [-0.39, 0.29) is 36.8 Å². The number of amidine groups is 1. The third kappa shape index (κ3) is 5.29. The molecule has 0 spiro atoms. The molecule has 4 atom stereocenters. The molecule has 0 aliphatic carbocycles. The number of fused-ring (bicyclic) bond motifs is 1. The first-order valence-electron chi connectivity index (χ1n) is 12.4. The minimum Gasteiger partial charge on any atom is -0.389 e. The van der Waals surface area contributed by atoms with Gasteiger partial charge >= 0.3 is 6.55 Å². The number of hydrogen-bond donors (Lipinski definition) is 3. The maximum absolute atomic E-state index is 14.0. The summed E-state index contributed by atoms with van der Waals surface area (Å²) in [5.74, 6) is -0.157. The molecule has 3 aliphatic rings. The SMILES string of the molecule is O=S(=O)(N[C@H]1CC2=C(c3ccn(C(F)F)n3)[C@H](c3ccc(F)cc3Cl)N=C(c3nccs3)N2C1)N1C[C@H](O)[C@@H](O)C1. The quantitative estimate of drug-likeness (QED) is 0.365. The molecular formula is C24H23ClF3N7O4S2. The molecule has 11 nitrogen and oxygen atoms in total. The van der Waals surface area contributed by atoms with Crippen molar-refractivity contribution in [2.45, 2.75) is 37.3 Å². The molecule has 3 aromatic rings. The summed E-state index contributed by atoms with van der Waals surface area (Å²) in [4.78, 5) is 11.0. The van der Waals surface area contributed by atoms with Gasteiger partial charge in [-0.05, 0) is 18.2 Å². The van der Waals surface area contributed by atoms with E-state index in [0.717, 1.165) is 16.6 Å². The fourth-order valence-corrected chi connectivity index (χ4v) is 7.59. The van der Waals surface area contributed by atoms with Gasteiger partial charge in [-0.15, -0.1) is 11.3 Å². The lowest BCUT2D eigenvalue weighted by molar-refractivity contribution is 0.0564. The van der Waals surface area contributed by atoms with Gasteiger partial charge in [0.15, 0.2) is 10.8 Å². The Morgan fingerprint density at radius 3 is 2.54 bits per heavy atom. The summed E-state index contributed by atoms with van der Waals surface area (Å²) < 4.78 is 71.4. The number of rotatable bonds is 7. The lowest BCUT2D eigenvalue weighted by Crippen LogP contribution is -2.46. The van der Waals surface area contributed by atoms with E-state index in [1.165, 1.54) is 29.5 Å². The van der Waals surface area contributed by atoms with E-state index in [1.807, 2.05) is 0 Å². The zero-order valence-corrected chi connectivity index (χ0v) is 23.4. The van der Waals surface area contributed by atoms with Crippen LogP contribution in [0.4, 0.5) is 13.2 Å². The van der Waals surface area contributed by atoms with Crippen molar-refractivity contribution >= 4 is 44.6 Å². The Hall–Kier alpha value is -2.86. The van der Waals surface area contributed by atoms with Crippen molar-refractivity contribution in [1.82, 2.24) is 28.7 Å². The highest BCUT2D eigenvalue weighted by Crippen LogP contribution is 2.46. The molecule has 1 aromatic carbocycles. The Kier molecular flexibility index (Phi) is 7.42. The van der Waals surface area contributed by atoms with Gasteiger partial charge in [0, 0.05) is 71.7 Å². The fraction of sp³-hybridized carbons (Fsp3) is 0.375. The number of β-amino-alcohol motifs (C(OH)–C–C–N with tert-alkyl or cyclic N) is 2. The third-order valence-corrected chi connectivity index (χ3v) is 9.81. The van der Waals surface area contributed by atoms with E-state index in [0.29, 0.717) is 32.4 Å². The smallest absolute Gasteiger partial charge is 0.333 e. The van der Waals surface area contributed by atoms with Crippen molar-refractivity contribution in [3.05, 3.63) is 74.8 Å². The van der Waals surface area contributed by atoms with E-state index < -0.39 is 46.9 Å². The Bertz CT molecular complexity index is 1620. The third-order valence-electron chi connectivity index (χ3n) is 7.11. The molecule has 2 fully saturated rings. The molecule has 2 saturated heterocycles. The predicted octanol–water partition coefficient (Wildman–Crippen LogP) is 2.39. The van der Waals surface area contributed by atoms with Gasteiger partial charge in [-0.25, -0.2) is 14.1 Å². The van der Waals surface area contributed by atoms with E-state index in [2.05, 4.69) is 14.8 Å². The van der Waals surface area contributed by atoms with Gasteiger partial charge in [0.1, 0.15) is 11.9 Å². The topological polar surface area (TPSA) is 136 Å². The largest absolute Gasteiger partial charge is 0.389 e. The molecule has 218 valence electrons. The molecule has 6 rings (SSSR count). The standard InChI is InChI=1S/C24H23ClF3N7O4S2/c25-15-7-12(26)1-2-14(15)21-20(16-3-5-35(31-16)24(27)28)17-8-13(9-34(17)22(30-21)23-29-4-6-40-23)32-41(38,39)33-10-18(36)19(37)11-33/h1-7,13,18-19,21,24,32,36-37H,8-11H2/t13-,18-,19-,21-/m0/s1. The minimum atomic E-state index is -4.11. The highest BCUT2D eigenvalue weighted by Gasteiger charge is 2.44. The first-order valence-corrected chi connectivity index (χ1v) is 15.1. The van der Waals surface area contributed by atoms with Crippen molar-refractivity contribution in [2.24, 2.45) is 4.99 Å². The second-order valence-electron chi connectivity index (χ2n) is 9.76. The van der Waals surface area contributed by atoms with E-state index >= 15 is 0 Å². The molecule has 3 aliphatic heterocycles. The first kappa shape index (κ1) is 28.3. The maximum atomic E-state index is 14.0. The van der Waals surface area contributed by atoms with E-state index in [9.17, 15) is 31.8 Å². The van der Waals surface area contributed by atoms with Crippen LogP contribution in [-0.2, 0) is 10.2 Å². The molecular weight excluding hydrogens is 607 g/mol. The Balaban J connectivity index is 1.46. The van der Waals surface area contributed by atoms with Crippen molar-refractivity contribution in [1.29, 1.82) is 0 Å². The van der Waals surface area contributed by atoms with Crippen molar-refractivity contribution in [3.63, 3.8) is 0 Å². The highest BCUT2D eigenvalue weighted by molar-refractivity contribution is 7.87. The molecule has 0 bridgehead atoms. The monoisotopic (exact) mass is 629 g/mol. The van der Waals surface area contributed by atoms with Crippen LogP contribution >= 0.6 is 22.9 Å². The average molecular weight is 630 g/mol. The lowest BCUT2D eigenvalue weighted by Gasteiger charge is -2.32. The summed E-state index contributed by atoms with van der Waals surface area (Å²) in [6, 6.07) is 3.62. The molecule has 41 heavy (non-hydrogen) atoms. The lowest BCUT2D eigenvalue weighted by atomic mass is 9.92. The van der Waals surface area contributed by atoms with Crippen LogP contribution in [0.15, 0.2) is 52.7 Å². The first-order chi connectivity index (χ1) is 19.5. The normalized spacial score (nSPS) is 25.3. The van der Waals surface area contributed by atoms with E-state index in [1.54, 1.807) is 16.5 Å². The zero-order valence-electron chi connectivity index (χ0n) is 21.0. The van der Waals surface area contributed by atoms with Gasteiger partial charge in [-0.1, -0.05) is 17.7 Å². The molecule has 3 N–H and O–H groups in total. The molecule has 0 amide bonds. The number of aliphatic imine (C=N–C) groups is 1. The summed E-state index contributed by atoms with van der Waals surface area (Å²) in [7, 11) is -4.11. The summed E-state index contributed by atoms with van der Waals surface area (Å²) in [6.07, 6.45) is 0.428. The fourth-order valence-electron chi connectivity index (χ4n) is 5.25. The number of halogens is 4. The van der Waals surface area contributed by atoms with Crippen LogP contribution in [0.1, 0.15) is 35.3 Å². The Morgan fingerprint density at radius 1 is 1.15 bits per heavy atom. The predicted molar refractivity (Wildman–Crippen MR) is 144 cm³/mol. The average Bonchev–Trinajstić information content (AvgIpc) is 3.71. The maximum Gasteiger partial charge on any atom is 0.333 e. The second-order valence-corrected chi connectivity index (χ2v) is 12.8. The number of aliphatic hydroxyl groups excluding tert-OH is 2. The van der Waals surface area contributed by atoms with Crippen LogP contribution in [0.3, 0.4) is 0 Å². The summed E-state index contributed by atoms with van der Waals surface area (Å²) in [5.41, 5.74) is 1.54. The molecule has 0 saturated carbocycles. The number of thiazole rings is 1. The summed E-state index contributed by atoms with van der Waals surface area (Å²) in [5, 5.41) is 26.1. The van der Waals surface area contributed by atoms with Gasteiger partial charge in [0.25, 0.3) is 10.2 Å². The van der Waals surface area contributed by atoms with Gasteiger partial charge in [-0.3, -0.25) is 4.99 Å². The van der Waals surface area contributed by atoms with Crippen LogP contribution in [-0.4, -0.2) is 86.3 Å². The second kappa shape index (κ2) is 10.8. The molecule has 5 heterocycles. The molecule has 0 unspecified atom stereocenters. The zero-order chi connectivity index (χ0) is 29.1.